The van der Waals surface area contributed by atoms with Crippen LogP contribution in [0.1, 0.15) is 21.6 Å². The van der Waals surface area contributed by atoms with E-state index in [1.165, 1.54) is 7.05 Å². The Labute approximate surface area is 155 Å². The smallest absolute Gasteiger partial charge is 0.251 e. The van der Waals surface area contributed by atoms with Gasteiger partial charge in [0.15, 0.2) is 0 Å². The monoisotopic (exact) mass is 370 g/mol. The van der Waals surface area contributed by atoms with Gasteiger partial charge in [0, 0.05) is 18.8 Å². The lowest BCUT2D eigenvalue weighted by Gasteiger charge is -2.27. The fraction of sp³-hybridized carbons (Fsp3) is 0.300. The van der Waals surface area contributed by atoms with E-state index >= 15 is 0 Å². The van der Waals surface area contributed by atoms with Crippen LogP contribution >= 0.6 is 0 Å². The number of nitrogens with zero attached hydrogens (tertiary/aromatic N) is 2. The third-order valence-corrected chi connectivity index (χ3v) is 5.00. The van der Waals surface area contributed by atoms with Gasteiger partial charge in [0.2, 0.25) is 0 Å². The molecule has 2 N–H and O–H groups in total. The predicted octanol–water partition coefficient (Wildman–Crippen LogP) is 2.71. The molecule has 140 valence electrons. The molecule has 0 bridgehead atoms. The first-order valence-electron chi connectivity index (χ1n) is 8.87. The first-order chi connectivity index (χ1) is 13.0. The van der Waals surface area contributed by atoms with Crippen LogP contribution in [-0.4, -0.2) is 35.4 Å². The van der Waals surface area contributed by atoms with Gasteiger partial charge in [0.1, 0.15) is 17.3 Å². The number of nitrogens with one attached hydrogen (secondary N) is 2. The second-order valence-corrected chi connectivity index (χ2v) is 6.96. The highest BCUT2D eigenvalue weighted by Crippen LogP contribution is 2.32. The van der Waals surface area contributed by atoms with E-state index in [0.717, 1.165) is 36.5 Å². The Morgan fingerprint density at radius 1 is 1.30 bits per heavy atom. The third-order valence-electron chi connectivity index (χ3n) is 5.00. The largest absolute Gasteiger partial charge is 0.355 e. The van der Waals surface area contributed by atoms with E-state index in [1.54, 1.807) is 0 Å². The number of hydrogen-bond acceptors (Lipinski definition) is 3. The van der Waals surface area contributed by atoms with Crippen molar-refractivity contribution < 1.29 is 13.6 Å². The highest BCUT2D eigenvalue weighted by Gasteiger charge is 2.26. The summed E-state index contributed by atoms with van der Waals surface area (Å²) >= 11 is 0. The van der Waals surface area contributed by atoms with Crippen molar-refractivity contribution in [2.45, 2.75) is 13.3 Å². The lowest BCUT2D eigenvalue weighted by Crippen LogP contribution is -2.43. The summed E-state index contributed by atoms with van der Waals surface area (Å²) in [7, 11) is 1.42. The van der Waals surface area contributed by atoms with Gasteiger partial charge in [-0.2, -0.15) is 0 Å². The average Bonchev–Trinajstić information content (AvgIpc) is 2.93. The summed E-state index contributed by atoms with van der Waals surface area (Å²) < 4.78 is 31.6. The predicted molar refractivity (Wildman–Crippen MR) is 98.7 cm³/mol. The van der Waals surface area contributed by atoms with Gasteiger partial charge in [0.25, 0.3) is 5.91 Å². The molecule has 0 unspecified atom stereocenters. The van der Waals surface area contributed by atoms with Gasteiger partial charge < -0.3 is 15.0 Å². The van der Waals surface area contributed by atoms with Gasteiger partial charge >= 0.3 is 0 Å². The number of fused-ring (bicyclic) bond motifs is 1. The number of halogens is 2. The van der Waals surface area contributed by atoms with E-state index in [4.69, 9.17) is 0 Å². The molecule has 4 rings (SSSR count). The SMILES string of the molecule is CNC(=O)c1cc(F)c(-c2nc3cc(C)ccn3c2CC2CNC2)c(F)c1. The number of imidazole rings is 1. The molecule has 7 heteroatoms. The molecule has 1 aliphatic heterocycles. The van der Waals surface area contributed by atoms with Gasteiger partial charge in [0.05, 0.1) is 17.0 Å². The van der Waals surface area contributed by atoms with E-state index in [9.17, 15) is 13.6 Å². The summed E-state index contributed by atoms with van der Waals surface area (Å²) in [4.78, 5) is 16.3. The summed E-state index contributed by atoms with van der Waals surface area (Å²) in [5.41, 5.74) is 2.51. The number of aromatic nitrogens is 2. The van der Waals surface area contributed by atoms with Crippen molar-refractivity contribution in [2.75, 3.05) is 20.1 Å². The van der Waals surface area contributed by atoms with Crippen molar-refractivity contribution in [1.82, 2.24) is 20.0 Å². The summed E-state index contributed by atoms with van der Waals surface area (Å²) in [5.74, 6) is -1.71. The van der Waals surface area contributed by atoms with Gasteiger partial charge in [-0.15, -0.1) is 0 Å². The molecule has 3 aromatic rings. The minimum Gasteiger partial charge on any atom is -0.355 e. The lowest BCUT2D eigenvalue weighted by atomic mass is 9.94. The molecule has 0 aliphatic carbocycles. The number of amides is 1. The highest BCUT2D eigenvalue weighted by molar-refractivity contribution is 5.94. The second-order valence-electron chi connectivity index (χ2n) is 6.96. The minimum absolute atomic E-state index is 0.0550. The van der Waals surface area contributed by atoms with Crippen molar-refractivity contribution >= 4 is 11.6 Å². The molecule has 1 amide bonds. The zero-order chi connectivity index (χ0) is 19.1. The molecule has 1 saturated heterocycles. The van der Waals surface area contributed by atoms with E-state index in [-0.39, 0.29) is 11.1 Å². The molecular formula is C20H20F2N4O. The molecule has 0 atom stereocenters. The Kier molecular flexibility index (Phi) is 4.39. The average molecular weight is 370 g/mol. The van der Waals surface area contributed by atoms with Crippen LogP contribution in [0.3, 0.4) is 0 Å². The first kappa shape index (κ1) is 17.6. The number of rotatable bonds is 4. The van der Waals surface area contributed by atoms with Crippen LogP contribution in [0.4, 0.5) is 8.78 Å². The van der Waals surface area contributed by atoms with E-state index in [2.05, 4.69) is 15.6 Å². The topological polar surface area (TPSA) is 58.4 Å². The zero-order valence-corrected chi connectivity index (χ0v) is 15.1. The Morgan fingerprint density at radius 3 is 2.59 bits per heavy atom. The molecule has 5 nitrogen and oxygen atoms in total. The van der Waals surface area contributed by atoms with E-state index < -0.39 is 17.5 Å². The Morgan fingerprint density at radius 2 is 2.00 bits per heavy atom. The van der Waals surface area contributed by atoms with Crippen LogP contribution in [0.5, 0.6) is 0 Å². The molecule has 1 aliphatic rings. The molecule has 27 heavy (non-hydrogen) atoms. The van der Waals surface area contributed by atoms with Crippen LogP contribution in [0.25, 0.3) is 16.9 Å². The number of hydrogen-bond donors (Lipinski definition) is 2. The Balaban J connectivity index is 1.90. The number of pyridine rings is 1. The van der Waals surface area contributed by atoms with Gasteiger partial charge in [-0.05, 0) is 62.2 Å². The van der Waals surface area contributed by atoms with Crippen molar-refractivity contribution in [3.8, 4) is 11.3 Å². The zero-order valence-electron chi connectivity index (χ0n) is 15.1. The summed E-state index contributed by atoms with van der Waals surface area (Å²) in [5, 5.41) is 5.59. The number of carbonyl (C=O) groups is 1. The third kappa shape index (κ3) is 3.08. The standard InChI is InChI=1S/C20H20F2N4O/c1-11-3-4-26-16(6-12-9-24-10-12)19(25-17(26)5-11)18-14(21)7-13(8-15(18)22)20(27)23-2/h3-5,7-8,12,24H,6,9-10H2,1-2H3,(H,23,27). The maximum absolute atomic E-state index is 14.8. The van der Waals surface area contributed by atoms with Crippen LogP contribution in [0, 0.1) is 24.5 Å². The van der Waals surface area contributed by atoms with Crippen molar-refractivity contribution in [3.05, 3.63) is 58.9 Å². The molecule has 0 spiro atoms. The normalized spacial score (nSPS) is 14.4. The summed E-state index contributed by atoms with van der Waals surface area (Å²) in [6, 6.07) is 5.95. The summed E-state index contributed by atoms with van der Waals surface area (Å²) in [6.45, 7) is 3.70. The van der Waals surface area contributed by atoms with Crippen LogP contribution in [0.15, 0.2) is 30.5 Å². The maximum atomic E-state index is 14.8. The Bertz CT molecular complexity index is 1020. The number of benzene rings is 1. The molecule has 3 heterocycles. The number of aryl methyl sites for hydroxylation is 1. The van der Waals surface area contributed by atoms with Crippen molar-refractivity contribution in [3.63, 3.8) is 0 Å². The number of carbonyl (C=O) groups excluding carboxylic acids is 1. The minimum atomic E-state index is -0.790. The van der Waals surface area contributed by atoms with Crippen molar-refractivity contribution in [2.24, 2.45) is 5.92 Å². The Hall–Kier alpha value is -2.80. The molecule has 0 saturated carbocycles. The lowest BCUT2D eigenvalue weighted by molar-refractivity contribution is 0.0962. The molecule has 1 fully saturated rings. The summed E-state index contributed by atoms with van der Waals surface area (Å²) in [6.07, 6.45) is 2.56. The molecule has 2 aromatic heterocycles. The van der Waals surface area contributed by atoms with Gasteiger partial charge in [-0.1, -0.05) is 0 Å². The van der Waals surface area contributed by atoms with E-state index in [0.29, 0.717) is 23.7 Å². The second kappa shape index (κ2) is 6.74. The fourth-order valence-electron chi connectivity index (χ4n) is 3.43. The maximum Gasteiger partial charge on any atom is 0.251 e. The molecular weight excluding hydrogens is 350 g/mol. The van der Waals surface area contributed by atoms with Gasteiger partial charge in [-0.3, -0.25) is 4.79 Å². The molecule has 0 radical (unpaired) electrons. The first-order valence-corrected chi connectivity index (χ1v) is 8.87. The fourth-order valence-corrected chi connectivity index (χ4v) is 3.43. The van der Waals surface area contributed by atoms with Gasteiger partial charge in [-0.25, -0.2) is 13.8 Å². The van der Waals surface area contributed by atoms with Crippen molar-refractivity contribution in [1.29, 1.82) is 0 Å². The quantitative estimate of drug-likeness (QED) is 0.742. The van der Waals surface area contributed by atoms with Crippen LogP contribution in [0.2, 0.25) is 0 Å². The van der Waals surface area contributed by atoms with Crippen LogP contribution < -0.4 is 10.6 Å². The highest BCUT2D eigenvalue weighted by atomic mass is 19.1. The van der Waals surface area contributed by atoms with E-state index in [1.807, 2.05) is 29.7 Å². The molecule has 1 aromatic carbocycles. The van der Waals surface area contributed by atoms with Crippen LogP contribution in [-0.2, 0) is 6.42 Å².